The normalized spacial score (nSPS) is 14.5. The van der Waals surface area contributed by atoms with E-state index in [1.54, 1.807) is 0 Å². The van der Waals surface area contributed by atoms with Gasteiger partial charge in [0.2, 0.25) is 0 Å². The summed E-state index contributed by atoms with van der Waals surface area (Å²) in [5, 5.41) is 0. The molecule has 2 nitrogen and oxygen atoms in total. The van der Waals surface area contributed by atoms with E-state index >= 15 is 0 Å². The Morgan fingerprint density at radius 2 is 1.93 bits per heavy atom. The number of benzene rings is 1. The number of aliphatic imine (C=N–C) groups is 2. The molecule has 72 valence electrons. The Balaban J connectivity index is 1.91. The Morgan fingerprint density at radius 3 is 2.57 bits per heavy atom. The zero-order valence-corrected chi connectivity index (χ0v) is 7.78. The van der Waals surface area contributed by atoms with Crippen LogP contribution in [0.15, 0.2) is 34.3 Å². The van der Waals surface area contributed by atoms with Crippen LogP contribution in [0.5, 0.6) is 0 Å². The van der Waals surface area contributed by atoms with Crippen molar-refractivity contribution in [1.29, 1.82) is 0 Å². The van der Waals surface area contributed by atoms with Crippen LogP contribution in [0.3, 0.4) is 0 Å². The van der Waals surface area contributed by atoms with Gasteiger partial charge in [-0.1, -0.05) is 12.1 Å². The number of hydrogen-bond donors (Lipinski definition) is 0. The molecule has 3 heteroatoms. The van der Waals surface area contributed by atoms with E-state index in [1.165, 1.54) is 12.1 Å². The van der Waals surface area contributed by atoms with E-state index in [0.29, 0.717) is 6.67 Å². The highest BCUT2D eigenvalue weighted by molar-refractivity contribution is 6.31. The lowest BCUT2D eigenvalue weighted by Gasteiger charge is -1.99. The maximum absolute atomic E-state index is 12.6. The van der Waals surface area contributed by atoms with Gasteiger partial charge in [0, 0.05) is 6.21 Å². The maximum Gasteiger partial charge on any atom is 0.129 e. The first-order valence-electron chi connectivity index (χ1n) is 4.62. The molecule has 1 aromatic carbocycles. The number of halogens is 1. The van der Waals surface area contributed by atoms with E-state index in [-0.39, 0.29) is 5.82 Å². The van der Waals surface area contributed by atoms with Crippen molar-refractivity contribution in [3.8, 4) is 0 Å². The molecule has 1 aliphatic heterocycles. The maximum atomic E-state index is 12.6. The molecule has 2 rings (SSSR count). The molecule has 0 amide bonds. The van der Waals surface area contributed by atoms with Crippen molar-refractivity contribution in [1.82, 2.24) is 0 Å². The van der Waals surface area contributed by atoms with Gasteiger partial charge in [0.15, 0.2) is 0 Å². The largest absolute Gasteiger partial charge is 0.268 e. The predicted molar refractivity (Wildman–Crippen MR) is 55.5 cm³/mol. The van der Waals surface area contributed by atoms with Crippen molar-refractivity contribution in [3.05, 3.63) is 35.6 Å². The van der Waals surface area contributed by atoms with Gasteiger partial charge in [-0.05, 0) is 30.5 Å². The molecule has 0 saturated heterocycles. The van der Waals surface area contributed by atoms with Gasteiger partial charge in [0.1, 0.15) is 12.5 Å². The molecule has 0 atom stereocenters. The summed E-state index contributed by atoms with van der Waals surface area (Å²) in [5.41, 5.74) is 2.17. The van der Waals surface area contributed by atoms with Crippen molar-refractivity contribution in [2.24, 2.45) is 9.98 Å². The molecule has 0 saturated carbocycles. The summed E-state index contributed by atoms with van der Waals surface area (Å²) in [5.74, 6) is -0.187. The summed E-state index contributed by atoms with van der Waals surface area (Å²) in [6, 6.07) is 6.59. The summed E-state index contributed by atoms with van der Waals surface area (Å²) >= 11 is 0. The molecule has 0 spiro atoms. The standard InChI is InChI=1S/C11H11FN2/c12-10-4-1-9(2-5-10)3-6-11-7-13-8-14-11/h1-2,4-5,7H,3,6,8H2. The molecule has 0 N–H and O–H groups in total. The highest BCUT2D eigenvalue weighted by Gasteiger charge is 2.01. The number of aryl methyl sites for hydroxylation is 1. The molecule has 0 unspecified atom stereocenters. The number of hydrogen-bond acceptors (Lipinski definition) is 2. The Morgan fingerprint density at radius 1 is 1.14 bits per heavy atom. The molecule has 0 fully saturated rings. The summed E-state index contributed by atoms with van der Waals surface area (Å²) in [7, 11) is 0. The summed E-state index contributed by atoms with van der Waals surface area (Å²) in [4.78, 5) is 8.19. The minimum absolute atomic E-state index is 0.187. The third-order valence-corrected chi connectivity index (χ3v) is 2.18. The van der Waals surface area contributed by atoms with E-state index in [4.69, 9.17) is 0 Å². The first kappa shape index (κ1) is 9.06. The van der Waals surface area contributed by atoms with E-state index in [0.717, 1.165) is 24.1 Å². The van der Waals surface area contributed by atoms with Crippen molar-refractivity contribution in [2.75, 3.05) is 6.67 Å². The highest BCUT2D eigenvalue weighted by Crippen LogP contribution is 2.06. The Labute approximate surface area is 82.2 Å². The van der Waals surface area contributed by atoms with Crippen LogP contribution < -0.4 is 0 Å². The van der Waals surface area contributed by atoms with Crippen LogP contribution in [-0.4, -0.2) is 18.6 Å². The van der Waals surface area contributed by atoms with Crippen molar-refractivity contribution in [2.45, 2.75) is 12.8 Å². The summed E-state index contributed by atoms with van der Waals surface area (Å²) < 4.78 is 12.6. The second-order valence-electron chi connectivity index (χ2n) is 3.23. The molecule has 1 aromatic rings. The average molecular weight is 190 g/mol. The molecule has 1 aliphatic rings. The van der Waals surface area contributed by atoms with E-state index < -0.39 is 0 Å². The van der Waals surface area contributed by atoms with E-state index in [1.807, 2.05) is 18.3 Å². The molecule has 0 aliphatic carbocycles. The lowest BCUT2D eigenvalue weighted by Crippen LogP contribution is -1.98. The van der Waals surface area contributed by atoms with Crippen molar-refractivity contribution >= 4 is 11.9 Å². The van der Waals surface area contributed by atoms with E-state index in [2.05, 4.69) is 9.98 Å². The Bertz CT molecular complexity index is 365. The molecular weight excluding hydrogens is 179 g/mol. The van der Waals surface area contributed by atoms with Gasteiger partial charge >= 0.3 is 0 Å². The lowest BCUT2D eigenvalue weighted by molar-refractivity contribution is 0.627. The minimum atomic E-state index is -0.187. The third-order valence-electron chi connectivity index (χ3n) is 2.18. The smallest absolute Gasteiger partial charge is 0.129 e. The van der Waals surface area contributed by atoms with Gasteiger partial charge in [-0.25, -0.2) is 4.39 Å². The fraction of sp³-hybridized carbons (Fsp3) is 0.273. The Hall–Kier alpha value is -1.51. The minimum Gasteiger partial charge on any atom is -0.268 e. The van der Waals surface area contributed by atoms with Gasteiger partial charge in [0.05, 0.1) is 5.71 Å². The third kappa shape index (κ3) is 2.25. The lowest BCUT2D eigenvalue weighted by atomic mass is 10.1. The SMILES string of the molecule is Fc1ccc(CCC2=NCN=C2)cc1. The molecule has 0 bridgehead atoms. The van der Waals surface area contributed by atoms with Crippen LogP contribution in [0.1, 0.15) is 12.0 Å². The fourth-order valence-electron chi connectivity index (χ4n) is 1.39. The van der Waals surface area contributed by atoms with Gasteiger partial charge < -0.3 is 0 Å². The average Bonchev–Trinajstić information content (AvgIpc) is 2.70. The number of nitrogens with zero attached hydrogens (tertiary/aromatic N) is 2. The van der Waals surface area contributed by atoms with E-state index in [9.17, 15) is 4.39 Å². The van der Waals surface area contributed by atoms with Crippen LogP contribution >= 0.6 is 0 Å². The summed E-state index contributed by atoms with van der Waals surface area (Å²) in [6.07, 6.45) is 3.59. The Kier molecular flexibility index (Phi) is 2.68. The molecule has 0 aromatic heterocycles. The van der Waals surface area contributed by atoms with Crippen LogP contribution in [0, 0.1) is 5.82 Å². The van der Waals surface area contributed by atoms with Crippen LogP contribution in [0.2, 0.25) is 0 Å². The van der Waals surface area contributed by atoms with Crippen LogP contribution in [-0.2, 0) is 6.42 Å². The zero-order valence-electron chi connectivity index (χ0n) is 7.78. The molecule has 0 radical (unpaired) electrons. The van der Waals surface area contributed by atoms with Crippen LogP contribution in [0.25, 0.3) is 0 Å². The monoisotopic (exact) mass is 190 g/mol. The topological polar surface area (TPSA) is 24.7 Å². The van der Waals surface area contributed by atoms with Gasteiger partial charge in [-0.15, -0.1) is 0 Å². The first-order valence-corrected chi connectivity index (χ1v) is 4.62. The van der Waals surface area contributed by atoms with Crippen LogP contribution in [0.4, 0.5) is 4.39 Å². The second-order valence-corrected chi connectivity index (χ2v) is 3.23. The molecule has 14 heavy (non-hydrogen) atoms. The highest BCUT2D eigenvalue weighted by atomic mass is 19.1. The quantitative estimate of drug-likeness (QED) is 0.698. The van der Waals surface area contributed by atoms with Gasteiger partial charge in [-0.3, -0.25) is 9.98 Å². The molecule has 1 heterocycles. The summed E-state index contributed by atoms with van der Waals surface area (Å²) in [6.45, 7) is 0.568. The van der Waals surface area contributed by atoms with Crippen molar-refractivity contribution in [3.63, 3.8) is 0 Å². The van der Waals surface area contributed by atoms with Gasteiger partial charge in [0.25, 0.3) is 0 Å². The number of rotatable bonds is 3. The zero-order chi connectivity index (χ0) is 9.80. The molecular formula is C11H11FN2. The van der Waals surface area contributed by atoms with Crippen molar-refractivity contribution < 1.29 is 4.39 Å². The second kappa shape index (κ2) is 4.13. The predicted octanol–water partition coefficient (Wildman–Crippen LogP) is 2.24. The van der Waals surface area contributed by atoms with Gasteiger partial charge in [-0.2, -0.15) is 0 Å². The fourth-order valence-corrected chi connectivity index (χ4v) is 1.39. The first-order chi connectivity index (χ1) is 6.84.